The summed E-state index contributed by atoms with van der Waals surface area (Å²) >= 11 is 0. The van der Waals surface area contributed by atoms with Crippen molar-refractivity contribution in [2.75, 3.05) is 23.7 Å². The minimum atomic E-state index is -4.04. The molecule has 0 radical (unpaired) electrons. The Balaban J connectivity index is 2.97. The maximum absolute atomic E-state index is 13.5. The van der Waals surface area contributed by atoms with Gasteiger partial charge in [0.2, 0.25) is 20.0 Å². The summed E-state index contributed by atoms with van der Waals surface area (Å²) in [6, 6.07) is 2.59. The average Bonchev–Trinajstić information content (AvgIpc) is 2.30. The molecule has 0 aliphatic rings. The van der Waals surface area contributed by atoms with E-state index in [1.807, 2.05) is 4.72 Å². The largest absolute Gasteiger partial charge is 0.381 e. The standard InChI is InChI=1S/C10H15FN2O5S2/c1-2-18-5-6-19(14,15)13-10-7-8(20(12,16)17)3-4-9(10)11/h3-4,7,13H,2,5-6H2,1H3,(H2,12,16,17). The number of primary sulfonamides is 1. The number of rotatable bonds is 7. The number of halogens is 1. The molecule has 0 atom stereocenters. The van der Waals surface area contributed by atoms with Crippen molar-refractivity contribution in [1.82, 2.24) is 0 Å². The van der Waals surface area contributed by atoms with Gasteiger partial charge in [-0.2, -0.15) is 0 Å². The molecule has 0 aliphatic carbocycles. The maximum Gasteiger partial charge on any atom is 0.238 e. The van der Waals surface area contributed by atoms with E-state index < -0.39 is 31.6 Å². The number of ether oxygens (including phenoxy) is 1. The van der Waals surface area contributed by atoms with E-state index in [0.29, 0.717) is 6.61 Å². The predicted molar refractivity (Wildman–Crippen MR) is 71.7 cm³/mol. The second-order valence-electron chi connectivity index (χ2n) is 3.80. The summed E-state index contributed by atoms with van der Waals surface area (Å²) in [6.07, 6.45) is 0. The summed E-state index contributed by atoms with van der Waals surface area (Å²) < 4.78 is 65.9. The minimum Gasteiger partial charge on any atom is -0.381 e. The number of hydrogen-bond acceptors (Lipinski definition) is 5. The average molecular weight is 326 g/mol. The van der Waals surface area contributed by atoms with Crippen LogP contribution < -0.4 is 9.86 Å². The van der Waals surface area contributed by atoms with Crippen molar-refractivity contribution in [3.05, 3.63) is 24.0 Å². The van der Waals surface area contributed by atoms with Gasteiger partial charge in [-0.05, 0) is 25.1 Å². The fraction of sp³-hybridized carbons (Fsp3) is 0.400. The molecule has 0 unspecified atom stereocenters. The van der Waals surface area contributed by atoms with E-state index in [1.165, 1.54) is 0 Å². The van der Waals surface area contributed by atoms with Crippen molar-refractivity contribution in [1.29, 1.82) is 0 Å². The molecule has 0 bridgehead atoms. The molecular weight excluding hydrogens is 311 g/mol. The molecule has 20 heavy (non-hydrogen) atoms. The highest BCUT2D eigenvalue weighted by Gasteiger charge is 2.16. The fourth-order valence-corrected chi connectivity index (χ4v) is 2.76. The van der Waals surface area contributed by atoms with Crippen LogP contribution in [0.15, 0.2) is 23.1 Å². The summed E-state index contributed by atoms with van der Waals surface area (Å²) in [6.45, 7) is 2.00. The first-order valence-electron chi connectivity index (χ1n) is 5.56. The number of hydrogen-bond donors (Lipinski definition) is 2. The molecule has 0 aliphatic heterocycles. The van der Waals surface area contributed by atoms with E-state index in [4.69, 9.17) is 9.88 Å². The van der Waals surface area contributed by atoms with E-state index in [9.17, 15) is 21.2 Å². The van der Waals surface area contributed by atoms with Gasteiger partial charge < -0.3 is 4.74 Å². The van der Waals surface area contributed by atoms with Crippen LogP contribution >= 0.6 is 0 Å². The van der Waals surface area contributed by atoms with Gasteiger partial charge in [-0.15, -0.1) is 0 Å². The number of nitrogens with two attached hydrogens (primary N) is 1. The zero-order chi connectivity index (χ0) is 15.4. The third-order valence-electron chi connectivity index (χ3n) is 2.23. The van der Waals surface area contributed by atoms with Crippen LogP contribution in [-0.4, -0.2) is 35.8 Å². The van der Waals surface area contributed by atoms with E-state index in [2.05, 4.69) is 0 Å². The van der Waals surface area contributed by atoms with Gasteiger partial charge in [-0.1, -0.05) is 0 Å². The second kappa shape index (κ2) is 6.48. The Morgan fingerprint density at radius 1 is 1.30 bits per heavy atom. The van der Waals surface area contributed by atoms with Gasteiger partial charge in [-0.25, -0.2) is 26.4 Å². The molecule has 0 aromatic heterocycles. The van der Waals surface area contributed by atoms with Crippen LogP contribution in [0.5, 0.6) is 0 Å². The summed E-state index contributed by atoms with van der Waals surface area (Å²) in [5.74, 6) is -1.28. The summed E-state index contributed by atoms with van der Waals surface area (Å²) in [7, 11) is -7.89. The van der Waals surface area contributed by atoms with E-state index in [0.717, 1.165) is 18.2 Å². The molecule has 0 heterocycles. The molecule has 7 nitrogen and oxygen atoms in total. The molecule has 1 aromatic rings. The molecule has 0 amide bonds. The summed E-state index contributed by atoms with van der Waals surface area (Å²) in [5, 5.41) is 4.89. The SMILES string of the molecule is CCOCCS(=O)(=O)Nc1cc(S(N)(=O)=O)ccc1F. The van der Waals surface area contributed by atoms with Crippen LogP contribution in [0.3, 0.4) is 0 Å². The first kappa shape index (κ1) is 16.8. The lowest BCUT2D eigenvalue weighted by molar-refractivity contribution is 0.163. The zero-order valence-electron chi connectivity index (χ0n) is 10.7. The lowest BCUT2D eigenvalue weighted by Gasteiger charge is -2.10. The van der Waals surface area contributed by atoms with E-state index in [1.54, 1.807) is 6.92 Å². The zero-order valence-corrected chi connectivity index (χ0v) is 12.3. The van der Waals surface area contributed by atoms with Crippen molar-refractivity contribution < 1.29 is 26.0 Å². The molecule has 0 saturated carbocycles. The Morgan fingerprint density at radius 2 is 1.95 bits per heavy atom. The topological polar surface area (TPSA) is 116 Å². The van der Waals surface area contributed by atoms with Crippen LogP contribution in [0.2, 0.25) is 0 Å². The molecule has 1 rings (SSSR count). The normalized spacial score (nSPS) is 12.3. The van der Waals surface area contributed by atoms with Crippen molar-refractivity contribution in [3.8, 4) is 0 Å². The summed E-state index contributed by atoms with van der Waals surface area (Å²) in [4.78, 5) is -0.388. The molecule has 3 N–H and O–H groups in total. The monoisotopic (exact) mass is 326 g/mol. The van der Waals surface area contributed by atoms with Gasteiger partial charge in [-0.3, -0.25) is 4.72 Å². The highest BCUT2D eigenvalue weighted by Crippen LogP contribution is 2.19. The summed E-state index contributed by atoms with van der Waals surface area (Å²) in [5.41, 5.74) is -0.479. The Kier molecular flexibility index (Phi) is 5.45. The van der Waals surface area contributed by atoms with Gasteiger partial charge in [0.05, 0.1) is 22.9 Å². The first-order chi connectivity index (χ1) is 9.15. The molecule has 0 saturated heterocycles. The third kappa shape index (κ3) is 5.04. The van der Waals surface area contributed by atoms with Gasteiger partial charge in [0, 0.05) is 6.61 Å². The lowest BCUT2D eigenvalue weighted by atomic mass is 10.3. The van der Waals surface area contributed by atoms with Crippen LogP contribution in [-0.2, 0) is 24.8 Å². The number of anilines is 1. The van der Waals surface area contributed by atoms with Gasteiger partial charge in [0.25, 0.3) is 0 Å². The smallest absolute Gasteiger partial charge is 0.238 e. The molecule has 1 aromatic carbocycles. The fourth-order valence-electron chi connectivity index (χ4n) is 1.29. The Morgan fingerprint density at radius 3 is 2.50 bits per heavy atom. The minimum absolute atomic E-state index is 0.0532. The van der Waals surface area contributed by atoms with Crippen molar-refractivity contribution in [2.45, 2.75) is 11.8 Å². The van der Waals surface area contributed by atoms with E-state index in [-0.39, 0.29) is 17.3 Å². The van der Waals surface area contributed by atoms with Gasteiger partial charge in [0.15, 0.2) is 0 Å². The molecule has 0 fully saturated rings. The highest BCUT2D eigenvalue weighted by molar-refractivity contribution is 7.92. The van der Waals surface area contributed by atoms with E-state index >= 15 is 0 Å². The van der Waals surface area contributed by atoms with Gasteiger partial charge >= 0.3 is 0 Å². The van der Waals surface area contributed by atoms with Gasteiger partial charge in [0.1, 0.15) is 5.82 Å². The van der Waals surface area contributed by atoms with Crippen molar-refractivity contribution in [2.24, 2.45) is 5.14 Å². The van der Waals surface area contributed by atoms with Crippen molar-refractivity contribution >= 4 is 25.7 Å². The Bertz CT molecular complexity index is 673. The first-order valence-corrected chi connectivity index (χ1v) is 8.76. The molecular formula is C10H15FN2O5S2. The Labute approximate surface area is 117 Å². The number of nitrogens with one attached hydrogen (secondary N) is 1. The maximum atomic E-state index is 13.5. The Hall–Kier alpha value is -1.23. The number of sulfonamides is 2. The molecule has 0 spiro atoms. The highest BCUT2D eigenvalue weighted by atomic mass is 32.2. The molecule has 10 heteroatoms. The molecule has 114 valence electrons. The quantitative estimate of drug-likeness (QED) is 0.697. The van der Waals surface area contributed by atoms with Crippen LogP contribution in [0, 0.1) is 5.82 Å². The van der Waals surface area contributed by atoms with Crippen LogP contribution in [0.25, 0.3) is 0 Å². The predicted octanol–water partition coefficient (Wildman–Crippen LogP) is 0.251. The van der Waals surface area contributed by atoms with Crippen LogP contribution in [0.4, 0.5) is 10.1 Å². The lowest BCUT2D eigenvalue weighted by Crippen LogP contribution is -2.21. The van der Waals surface area contributed by atoms with Crippen molar-refractivity contribution in [3.63, 3.8) is 0 Å². The number of benzene rings is 1. The van der Waals surface area contributed by atoms with Crippen LogP contribution in [0.1, 0.15) is 6.92 Å². The third-order valence-corrected chi connectivity index (χ3v) is 4.38. The second-order valence-corrected chi connectivity index (χ2v) is 7.21.